The van der Waals surface area contributed by atoms with Crippen molar-refractivity contribution in [2.24, 2.45) is 11.8 Å². The van der Waals surface area contributed by atoms with Gasteiger partial charge in [-0.3, -0.25) is 9.69 Å². The van der Waals surface area contributed by atoms with Gasteiger partial charge in [-0.15, -0.1) is 0 Å². The molecule has 1 aliphatic heterocycles. The second-order valence-electron chi connectivity index (χ2n) is 4.42. The zero-order valence-corrected chi connectivity index (χ0v) is 7.92. The molecule has 0 aromatic heterocycles. The molecule has 0 aromatic rings. The summed E-state index contributed by atoms with van der Waals surface area (Å²) in [6.07, 6.45) is 2.29. The van der Waals surface area contributed by atoms with Gasteiger partial charge in [0.15, 0.2) is 0 Å². The van der Waals surface area contributed by atoms with Crippen LogP contribution in [0.15, 0.2) is 0 Å². The average Bonchev–Trinajstić information content (AvgIpc) is 2.30. The minimum absolute atomic E-state index is 0.381. The van der Waals surface area contributed by atoms with Crippen LogP contribution < -0.4 is 0 Å². The van der Waals surface area contributed by atoms with Crippen molar-refractivity contribution in [3.63, 3.8) is 0 Å². The van der Waals surface area contributed by atoms with Crippen molar-refractivity contribution in [3.8, 4) is 0 Å². The van der Waals surface area contributed by atoms with Gasteiger partial charge in [0.1, 0.15) is 5.78 Å². The van der Waals surface area contributed by atoms with Gasteiger partial charge in [-0.25, -0.2) is 0 Å². The summed E-state index contributed by atoms with van der Waals surface area (Å²) >= 11 is 0. The molecule has 0 aromatic carbocycles. The van der Waals surface area contributed by atoms with E-state index in [2.05, 4.69) is 18.7 Å². The van der Waals surface area contributed by atoms with Crippen molar-refractivity contribution in [3.05, 3.63) is 0 Å². The van der Waals surface area contributed by atoms with E-state index in [1.54, 1.807) is 0 Å². The number of carbonyl (C=O) groups excluding carboxylic acids is 1. The Morgan fingerprint density at radius 3 is 2.17 bits per heavy atom. The van der Waals surface area contributed by atoms with Crippen molar-refractivity contribution in [2.75, 3.05) is 13.1 Å². The molecule has 2 nitrogen and oxygen atoms in total. The van der Waals surface area contributed by atoms with Crippen LogP contribution in [0.2, 0.25) is 0 Å². The lowest BCUT2D eigenvalue weighted by molar-refractivity contribution is -0.128. The third kappa shape index (κ3) is 1.18. The Bertz CT molecular complexity index is 184. The van der Waals surface area contributed by atoms with Crippen molar-refractivity contribution >= 4 is 5.78 Å². The average molecular weight is 167 g/mol. The molecule has 68 valence electrons. The molecule has 0 spiro atoms. The molecule has 2 rings (SSSR count). The van der Waals surface area contributed by atoms with E-state index in [1.165, 1.54) is 0 Å². The van der Waals surface area contributed by atoms with Crippen LogP contribution in [-0.4, -0.2) is 29.8 Å². The second-order valence-corrected chi connectivity index (χ2v) is 4.42. The van der Waals surface area contributed by atoms with Crippen LogP contribution in [0.3, 0.4) is 0 Å². The molecule has 12 heavy (non-hydrogen) atoms. The maximum absolute atomic E-state index is 11.5. The zero-order valence-electron chi connectivity index (χ0n) is 7.92. The number of carbonyl (C=O) groups is 1. The first-order valence-electron chi connectivity index (χ1n) is 4.96. The minimum Gasteiger partial charge on any atom is -0.300 e. The fourth-order valence-electron chi connectivity index (χ4n) is 2.45. The first-order chi connectivity index (χ1) is 5.68. The van der Waals surface area contributed by atoms with Crippen LogP contribution in [0.4, 0.5) is 0 Å². The molecule has 2 atom stereocenters. The van der Waals surface area contributed by atoms with Gasteiger partial charge in [-0.2, -0.15) is 0 Å². The monoisotopic (exact) mass is 167 g/mol. The molecule has 0 amide bonds. The fraction of sp³-hybridized carbons (Fsp3) is 0.900. The van der Waals surface area contributed by atoms with Crippen LogP contribution in [0.25, 0.3) is 0 Å². The number of piperidine rings is 1. The number of ketones is 1. The van der Waals surface area contributed by atoms with Gasteiger partial charge >= 0.3 is 0 Å². The number of Topliss-reactive ketones (excluding diaryl/α,β-unsaturated/α-hetero) is 1. The zero-order chi connectivity index (χ0) is 8.72. The largest absolute Gasteiger partial charge is 0.300 e. The summed E-state index contributed by atoms with van der Waals surface area (Å²) in [7, 11) is 0. The molecule has 1 saturated heterocycles. The van der Waals surface area contributed by atoms with Crippen molar-refractivity contribution < 1.29 is 4.79 Å². The Morgan fingerprint density at radius 1 is 1.25 bits per heavy atom. The van der Waals surface area contributed by atoms with Crippen LogP contribution in [-0.2, 0) is 4.79 Å². The number of rotatable bonds is 1. The second kappa shape index (κ2) is 2.84. The van der Waals surface area contributed by atoms with Crippen molar-refractivity contribution in [1.82, 2.24) is 4.90 Å². The molecule has 2 bridgehead atoms. The Morgan fingerprint density at radius 2 is 1.75 bits per heavy atom. The number of nitrogens with zero attached hydrogens (tertiary/aromatic N) is 1. The summed E-state index contributed by atoms with van der Waals surface area (Å²) in [6, 6.07) is 0.612. The third-order valence-corrected chi connectivity index (χ3v) is 3.31. The summed E-state index contributed by atoms with van der Waals surface area (Å²) in [5.74, 6) is 1.31. The maximum atomic E-state index is 11.5. The standard InChI is InChI=1S/C10H17NO/c1-7(2)11-5-8-3-4-9(6-11)10(8)12/h7-9H,3-6H2,1-2H3/t8-,9-/m0/s1. The van der Waals surface area contributed by atoms with E-state index in [-0.39, 0.29) is 0 Å². The van der Waals surface area contributed by atoms with Gasteiger partial charge in [-0.1, -0.05) is 0 Å². The van der Waals surface area contributed by atoms with Gasteiger partial charge in [-0.05, 0) is 26.7 Å². The molecule has 2 fully saturated rings. The maximum Gasteiger partial charge on any atom is 0.141 e. The Kier molecular flexibility index (Phi) is 1.95. The molecule has 0 N–H and O–H groups in total. The SMILES string of the molecule is CC(C)N1C[C@@H]2CC[C@@H](C1)C2=O. The van der Waals surface area contributed by atoms with E-state index in [0.717, 1.165) is 25.9 Å². The van der Waals surface area contributed by atoms with Gasteiger partial charge < -0.3 is 0 Å². The van der Waals surface area contributed by atoms with Gasteiger partial charge in [0.2, 0.25) is 0 Å². The Balaban J connectivity index is 2.07. The molecule has 2 aliphatic rings. The molecule has 1 aliphatic carbocycles. The first kappa shape index (κ1) is 8.24. The smallest absolute Gasteiger partial charge is 0.141 e. The highest BCUT2D eigenvalue weighted by Gasteiger charge is 2.40. The molecule has 0 unspecified atom stereocenters. The van der Waals surface area contributed by atoms with Crippen LogP contribution in [0.5, 0.6) is 0 Å². The molecular weight excluding hydrogens is 150 g/mol. The van der Waals surface area contributed by atoms with E-state index >= 15 is 0 Å². The summed E-state index contributed by atoms with van der Waals surface area (Å²) in [6.45, 7) is 6.48. The Hall–Kier alpha value is -0.370. The summed E-state index contributed by atoms with van der Waals surface area (Å²) in [5, 5.41) is 0. The normalized spacial score (nSPS) is 36.4. The lowest BCUT2D eigenvalue weighted by Gasteiger charge is -2.33. The van der Waals surface area contributed by atoms with Gasteiger partial charge in [0.05, 0.1) is 0 Å². The van der Waals surface area contributed by atoms with Crippen molar-refractivity contribution in [2.45, 2.75) is 32.7 Å². The number of hydrogen-bond acceptors (Lipinski definition) is 2. The number of fused-ring (bicyclic) bond motifs is 2. The molecule has 0 radical (unpaired) electrons. The molecular formula is C10H17NO. The van der Waals surface area contributed by atoms with E-state index in [4.69, 9.17) is 0 Å². The van der Waals surface area contributed by atoms with Crippen LogP contribution in [0.1, 0.15) is 26.7 Å². The van der Waals surface area contributed by atoms with Gasteiger partial charge in [0.25, 0.3) is 0 Å². The van der Waals surface area contributed by atoms with Crippen LogP contribution >= 0.6 is 0 Å². The predicted molar refractivity (Wildman–Crippen MR) is 47.9 cm³/mol. The van der Waals surface area contributed by atoms with E-state index < -0.39 is 0 Å². The fourth-order valence-corrected chi connectivity index (χ4v) is 2.45. The summed E-state index contributed by atoms with van der Waals surface area (Å²) in [4.78, 5) is 14.0. The highest BCUT2D eigenvalue weighted by Crippen LogP contribution is 2.33. The topological polar surface area (TPSA) is 20.3 Å². The summed E-state index contributed by atoms with van der Waals surface area (Å²) in [5.41, 5.74) is 0. The molecule has 2 heteroatoms. The lowest BCUT2D eigenvalue weighted by Crippen LogP contribution is -2.45. The number of likely N-dealkylation sites (tertiary alicyclic amines) is 1. The molecule has 1 heterocycles. The lowest BCUT2D eigenvalue weighted by atomic mass is 9.96. The van der Waals surface area contributed by atoms with E-state index in [1.807, 2.05) is 0 Å². The van der Waals surface area contributed by atoms with Crippen LogP contribution in [0, 0.1) is 11.8 Å². The minimum atomic E-state index is 0.381. The highest BCUT2D eigenvalue weighted by molar-refractivity contribution is 5.86. The van der Waals surface area contributed by atoms with Gasteiger partial charge in [0, 0.05) is 31.0 Å². The third-order valence-electron chi connectivity index (χ3n) is 3.31. The highest BCUT2D eigenvalue weighted by atomic mass is 16.1. The van der Waals surface area contributed by atoms with E-state index in [9.17, 15) is 4.79 Å². The Labute approximate surface area is 73.9 Å². The molecule has 1 saturated carbocycles. The van der Waals surface area contributed by atoms with E-state index in [0.29, 0.717) is 23.7 Å². The predicted octanol–water partition coefficient (Wildman–Crippen LogP) is 1.31. The van der Waals surface area contributed by atoms with Crippen molar-refractivity contribution in [1.29, 1.82) is 0 Å². The quantitative estimate of drug-likeness (QED) is 0.587. The number of hydrogen-bond donors (Lipinski definition) is 0. The summed E-state index contributed by atoms with van der Waals surface area (Å²) < 4.78 is 0. The first-order valence-corrected chi connectivity index (χ1v) is 4.96.